The van der Waals surface area contributed by atoms with E-state index >= 15 is 0 Å². The molecule has 0 bridgehead atoms. The normalized spacial score (nSPS) is 19.1. The predicted molar refractivity (Wildman–Crippen MR) is 104 cm³/mol. The maximum atomic E-state index is 13.2. The second kappa shape index (κ2) is 8.65. The summed E-state index contributed by atoms with van der Waals surface area (Å²) in [6.45, 7) is 0.727. The number of ether oxygens (including phenoxy) is 1. The highest BCUT2D eigenvalue weighted by molar-refractivity contribution is 6.01. The summed E-state index contributed by atoms with van der Waals surface area (Å²) in [5, 5.41) is 5.94. The van der Waals surface area contributed by atoms with Gasteiger partial charge < -0.3 is 18.5 Å². The Morgan fingerprint density at radius 2 is 2.03 bits per heavy atom. The molecule has 1 saturated carbocycles. The van der Waals surface area contributed by atoms with Crippen LogP contribution in [0.25, 0.3) is 0 Å². The lowest BCUT2D eigenvalue weighted by molar-refractivity contribution is -0.146. The third kappa shape index (κ3) is 4.12. The molecule has 2 amide bonds. The molecule has 154 valence electrons. The molecule has 2 aliphatic rings. The predicted octanol–water partition coefficient (Wildman–Crippen LogP) is 2.83. The summed E-state index contributed by atoms with van der Waals surface area (Å²) in [4.78, 5) is 27.6. The number of nitrogens with zero attached hydrogens (tertiary/aromatic N) is 3. The van der Waals surface area contributed by atoms with Gasteiger partial charge in [-0.05, 0) is 37.1 Å². The van der Waals surface area contributed by atoms with Gasteiger partial charge in [-0.25, -0.2) is 5.01 Å². The molecule has 1 fully saturated rings. The Hall–Kier alpha value is -2.87. The fourth-order valence-corrected chi connectivity index (χ4v) is 3.65. The number of hydrogen-bond donors (Lipinski definition) is 0. The quantitative estimate of drug-likeness (QED) is 0.681. The van der Waals surface area contributed by atoms with E-state index in [4.69, 9.17) is 13.6 Å². The van der Waals surface area contributed by atoms with Gasteiger partial charge in [-0.1, -0.05) is 6.42 Å². The number of furan rings is 2. The van der Waals surface area contributed by atoms with Gasteiger partial charge in [0.05, 0.1) is 19.1 Å². The molecule has 1 unspecified atom stereocenters. The first-order valence-corrected chi connectivity index (χ1v) is 9.92. The number of hydrazone groups is 1. The van der Waals surface area contributed by atoms with Crippen molar-refractivity contribution in [2.24, 2.45) is 11.0 Å². The maximum Gasteiger partial charge on any atom is 0.262 e. The van der Waals surface area contributed by atoms with E-state index in [0.717, 1.165) is 19.3 Å². The zero-order valence-electron chi connectivity index (χ0n) is 16.5. The Kier molecular flexibility index (Phi) is 5.80. The molecular formula is C21H25N3O5. The lowest BCUT2D eigenvalue weighted by Crippen LogP contribution is -2.46. The van der Waals surface area contributed by atoms with E-state index in [0.29, 0.717) is 36.8 Å². The summed E-state index contributed by atoms with van der Waals surface area (Å²) >= 11 is 0. The van der Waals surface area contributed by atoms with Crippen molar-refractivity contribution < 1.29 is 23.2 Å². The van der Waals surface area contributed by atoms with Crippen molar-refractivity contribution in [3.8, 4) is 0 Å². The van der Waals surface area contributed by atoms with Gasteiger partial charge in [0.2, 0.25) is 5.91 Å². The van der Waals surface area contributed by atoms with Crippen LogP contribution in [0.2, 0.25) is 0 Å². The number of methoxy groups -OCH3 is 1. The van der Waals surface area contributed by atoms with Crippen molar-refractivity contribution in [2.75, 3.05) is 26.8 Å². The van der Waals surface area contributed by atoms with Crippen LogP contribution in [0, 0.1) is 5.92 Å². The largest absolute Gasteiger partial charge is 0.467 e. The highest BCUT2D eigenvalue weighted by atomic mass is 16.5. The fraction of sp³-hybridized carbons (Fsp3) is 0.476. The molecule has 1 aliphatic heterocycles. The zero-order valence-corrected chi connectivity index (χ0v) is 16.5. The van der Waals surface area contributed by atoms with Crippen molar-refractivity contribution in [3.63, 3.8) is 0 Å². The molecule has 8 nitrogen and oxygen atoms in total. The number of amides is 2. The van der Waals surface area contributed by atoms with E-state index < -0.39 is 0 Å². The molecule has 8 heteroatoms. The van der Waals surface area contributed by atoms with Gasteiger partial charge in [0.25, 0.3) is 5.91 Å². The van der Waals surface area contributed by atoms with Crippen LogP contribution in [-0.2, 0) is 14.3 Å². The van der Waals surface area contributed by atoms with Crippen molar-refractivity contribution in [2.45, 2.75) is 31.7 Å². The molecule has 2 aromatic rings. The molecule has 0 spiro atoms. The molecule has 0 saturated heterocycles. The average Bonchev–Trinajstić information content (AvgIpc) is 3.43. The molecule has 1 atom stereocenters. The number of rotatable bonds is 8. The first-order valence-electron chi connectivity index (χ1n) is 9.92. The molecule has 4 rings (SSSR count). The van der Waals surface area contributed by atoms with E-state index in [2.05, 4.69) is 5.10 Å². The Balaban J connectivity index is 1.53. The lowest BCUT2D eigenvalue weighted by atomic mass is 9.84. The van der Waals surface area contributed by atoms with Crippen molar-refractivity contribution in [3.05, 3.63) is 48.3 Å². The third-order valence-corrected chi connectivity index (χ3v) is 5.50. The van der Waals surface area contributed by atoms with Gasteiger partial charge in [-0.2, -0.15) is 5.10 Å². The van der Waals surface area contributed by atoms with E-state index in [-0.39, 0.29) is 30.3 Å². The van der Waals surface area contributed by atoms with Crippen LogP contribution in [0.1, 0.15) is 43.2 Å². The SMILES string of the molecule is COCCN(CC(=O)N1N=C(c2ccco2)CC1c1ccco1)C(=O)C1CCC1. The number of carbonyl (C=O) groups excluding carboxylic acids is 2. The summed E-state index contributed by atoms with van der Waals surface area (Å²) in [5.41, 5.74) is 0.679. The zero-order chi connectivity index (χ0) is 20.2. The van der Waals surface area contributed by atoms with Gasteiger partial charge in [0.15, 0.2) is 0 Å². The smallest absolute Gasteiger partial charge is 0.262 e. The van der Waals surface area contributed by atoms with Crippen molar-refractivity contribution >= 4 is 17.5 Å². The van der Waals surface area contributed by atoms with E-state index in [9.17, 15) is 9.59 Å². The Bertz CT molecular complexity index is 855. The monoisotopic (exact) mass is 399 g/mol. The third-order valence-electron chi connectivity index (χ3n) is 5.50. The molecule has 3 heterocycles. The first kappa shape index (κ1) is 19.4. The van der Waals surface area contributed by atoms with Gasteiger partial charge >= 0.3 is 0 Å². The second-order valence-corrected chi connectivity index (χ2v) is 7.38. The molecule has 0 aromatic carbocycles. The van der Waals surface area contributed by atoms with Gasteiger partial charge in [0.1, 0.15) is 29.8 Å². The topological polar surface area (TPSA) is 88.5 Å². The van der Waals surface area contributed by atoms with Crippen LogP contribution < -0.4 is 0 Å². The van der Waals surface area contributed by atoms with Crippen LogP contribution in [0.15, 0.2) is 50.7 Å². The van der Waals surface area contributed by atoms with Crippen LogP contribution in [0.3, 0.4) is 0 Å². The Morgan fingerprint density at radius 1 is 1.24 bits per heavy atom. The van der Waals surface area contributed by atoms with Crippen LogP contribution >= 0.6 is 0 Å². The molecule has 0 N–H and O–H groups in total. The van der Waals surface area contributed by atoms with E-state index in [1.165, 1.54) is 5.01 Å². The Morgan fingerprint density at radius 3 is 2.66 bits per heavy atom. The van der Waals surface area contributed by atoms with Crippen molar-refractivity contribution in [1.29, 1.82) is 0 Å². The minimum absolute atomic E-state index is 0.0151. The van der Waals surface area contributed by atoms with Gasteiger partial charge in [-0.3, -0.25) is 9.59 Å². The Labute approximate surface area is 169 Å². The maximum absolute atomic E-state index is 13.2. The van der Waals surface area contributed by atoms with Crippen LogP contribution in [0.4, 0.5) is 0 Å². The number of hydrogen-bond acceptors (Lipinski definition) is 6. The van der Waals surface area contributed by atoms with Gasteiger partial charge in [0, 0.05) is 26.0 Å². The summed E-state index contributed by atoms with van der Waals surface area (Å²) in [6, 6.07) is 6.85. The molecule has 1 aliphatic carbocycles. The van der Waals surface area contributed by atoms with E-state index in [1.807, 2.05) is 12.1 Å². The highest BCUT2D eigenvalue weighted by Crippen LogP contribution is 2.33. The molecule has 0 radical (unpaired) electrons. The fourth-order valence-electron chi connectivity index (χ4n) is 3.65. The first-order chi connectivity index (χ1) is 14.2. The van der Waals surface area contributed by atoms with Crippen LogP contribution in [0.5, 0.6) is 0 Å². The minimum atomic E-state index is -0.360. The minimum Gasteiger partial charge on any atom is -0.467 e. The van der Waals surface area contributed by atoms with Crippen molar-refractivity contribution in [1.82, 2.24) is 9.91 Å². The standard InChI is InChI=1S/C21H25N3O5/c1-27-12-9-23(21(26)15-5-2-6-15)14-20(25)24-17(19-8-4-11-29-19)13-16(22-24)18-7-3-10-28-18/h3-4,7-8,10-11,15,17H,2,5-6,9,12-14H2,1H3. The van der Waals surface area contributed by atoms with Gasteiger partial charge in [-0.15, -0.1) is 0 Å². The molecular weight excluding hydrogens is 374 g/mol. The molecule has 2 aromatic heterocycles. The summed E-state index contributed by atoms with van der Waals surface area (Å²) < 4.78 is 16.1. The van der Waals surface area contributed by atoms with E-state index in [1.54, 1.807) is 36.7 Å². The molecule has 29 heavy (non-hydrogen) atoms. The average molecular weight is 399 g/mol. The summed E-state index contributed by atoms with van der Waals surface area (Å²) in [5.74, 6) is 1.06. The summed E-state index contributed by atoms with van der Waals surface area (Å²) in [7, 11) is 1.58. The second-order valence-electron chi connectivity index (χ2n) is 7.38. The highest BCUT2D eigenvalue weighted by Gasteiger charge is 2.37. The summed E-state index contributed by atoms with van der Waals surface area (Å²) in [6.07, 6.45) is 6.47. The number of carbonyl (C=O) groups is 2. The van der Waals surface area contributed by atoms with Crippen LogP contribution in [-0.4, -0.2) is 54.2 Å². The lowest BCUT2D eigenvalue weighted by Gasteiger charge is -2.32.